The molecular weight excluding hydrogens is 493 g/mol. The van der Waals surface area contributed by atoms with E-state index in [1.165, 1.54) is 0 Å². The third kappa shape index (κ3) is 4.49. The summed E-state index contributed by atoms with van der Waals surface area (Å²) in [6, 6.07) is 12.0. The van der Waals surface area contributed by atoms with Gasteiger partial charge in [-0.3, -0.25) is 0 Å². The van der Waals surface area contributed by atoms with E-state index < -0.39 is 9.84 Å². The van der Waals surface area contributed by atoms with Crippen molar-refractivity contribution < 1.29 is 12.9 Å². The molecule has 0 saturated carbocycles. The minimum atomic E-state index is -2.96. The summed E-state index contributed by atoms with van der Waals surface area (Å²) in [6.07, 6.45) is 2.65. The molecule has 0 atom stereocenters. The second kappa shape index (κ2) is 9.02. The van der Waals surface area contributed by atoms with Gasteiger partial charge in [-0.2, -0.15) is 0 Å². The lowest BCUT2D eigenvalue weighted by atomic mass is 10.0. The third-order valence-corrected chi connectivity index (χ3v) is 9.05. The summed E-state index contributed by atoms with van der Waals surface area (Å²) in [5, 5.41) is 5.15. The van der Waals surface area contributed by atoms with E-state index in [0.717, 1.165) is 51.4 Å². The summed E-state index contributed by atoms with van der Waals surface area (Å²) >= 11 is 12.3. The first kappa shape index (κ1) is 23.4. The van der Waals surface area contributed by atoms with Crippen LogP contribution in [0.5, 0.6) is 0 Å². The van der Waals surface area contributed by atoms with Crippen molar-refractivity contribution in [3.05, 3.63) is 69.3 Å². The van der Waals surface area contributed by atoms with E-state index >= 15 is 0 Å². The van der Waals surface area contributed by atoms with Gasteiger partial charge in [0.15, 0.2) is 0 Å². The zero-order chi connectivity index (χ0) is 24.0. The number of halogens is 2. The number of hydrogen-bond donors (Lipinski definition) is 0. The van der Waals surface area contributed by atoms with Crippen LogP contribution in [0.15, 0.2) is 40.9 Å². The number of aryl methyl sites for hydroxylation is 4. The van der Waals surface area contributed by atoms with Crippen LogP contribution in [0, 0.1) is 13.8 Å². The highest BCUT2D eigenvalue weighted by Crippen LogP contribution is 2.34. The SMILES string of the molecule is Cc1noc(C)c1-c1ccc2c(c1)nc(CCc1ccc(Cl)c(Cl)c1)n2C1CCS(=O)(=O)CC1. The number of hydrogen-bond acceptors (Lipinski definition) is 5. The fourth-order valence-corrected chi connectivity index (χ4v) is 6.66. The van der Waals surface area contributed by atoms with Crippen LogP contribution < -0.4 is 0 Å². The molecule has 6 nitrogen and oxygen atoms in total. The molecule has 0 spiro atoms. The van der Waals surface area contributed by atoms with Crippen molar-refractivity contribution in [1.82, 2.24) is 14.7 Å². The van der Waals surface area contributed by atoms with Gasteiger partial charge in [-0.1, -0.05) is 40.5 Å². The molecule has 2 aromatic heterocycles. The molecule has 0 radical (unpaired) electrons. The van der Waals surface area contributed by atoms with Gasteiger partial charge in [0.25, 0.3) is 0 Å². The Hall–Kier alpha value is -2.35. The van der Waals surface area contributed by atoms with Crippen LogP contribution in [-0.4, -0.2) is 34.6 Å². The molecule has 1 saturated heterocycles. The molecule has 0 bridgehead atoms. The van der Waals surface area contributed by atoms with Crippen molar-refractivity contribution in [3.63, 3.8) is 0 Å². The Morgan fingerprint density at radius 1 is 1.03 bits per heavy atom. The lowest BCUT2D eigenvalue weighted by molar-refractivity contribution is 0.393. The second-order valence-electron chi connectivity index (χ2n) is 8.93. The third-order valence-electron chi connectivity index (χ3n) is 6.60. The van der Waals surface area contributed by atoms with Gasteiger partial charge in [-0.25, -0.2) is 13.4 Å². The van der Waals surface area contributed by atoms with Crippen LogP contribution in [0.1, 0.15) is 41.7 Å². The number of imidazole rings is 1. The number of nitrogens with zero attached hydrogens (tertiary/aromatic N) is 3. The van der Waals surface area contributed by atoms with E-state index in [1.54, 1.807) is 0 Å². The summed E-state index contributed by atoms with van der Waals surface area (Å²) in [7, 11) is -2.96. The minimum absolute atomic E-state index is 0.0993. The van der Waals surface area contributed by atoms with E-state index in [2.05, 4.69) is 27.9 Å². The summed E-state index contributed by atoms with van der Waals surface area (Å²) in [6.45, 7) is 3.84. The van der Waals surface area contributed by atoms with Crippen LogP contribution in [-0.2, 0) is 22.7 Å². The summed E-state index contributed by atoms with van der Waals surface area (Å²) in [5.41, 5.74) is 5.82. The zero-order valence-electron chi connectivity index (χ0n) is 19.0. The minimum Gasteiger partial charge on any atom is -0.361 e. The Bertz CT molecular complexity index is 1460. The molecule has 4 aromatic rings. The van der Waals surface area contributed by atoms with Crippen LogP contribution in [0.25, 0.3) is 22.2 Å². The van der Waals surface area contributed by atoms with Crippen molar-refractivity contribution in [1.29, 1.82) is 0 Å². The summed E-state index contributed by atoms with van der Waals surface area (Å²) in [5.74, 6) is 2.14. The Kier molecular flexibility index (Phi) is 6.21. The van der Waals surface area contributed by atoms with E-state index in [1.807, 2.05) is 32.0 Å². The number of sulfone groups is 1. The van der Waals surface area contributed by atoms with Crippen LogP contribution in [0.3, 0.4) is 0 Å². The summed E-state index contributed by atoms with van der Waals surface area (Å²) in [4.78, 5) is 5.01. The normalized spacial score (nSPS) is 16.4. The first-order valence-electron chi connectivity index (χ1n) is 11.3. The maximum atomic E-state index is 12.1. The Balaban J connectivity index is 1.55. The lowest BCUT2D eigenvalue weighted by Gasteiger charge is -2.26. The van der Waals surface area contributed by atoms with Gasteiger partial charge in [-0.15, -0.1) is 0 Å². The average Bonchev–Trinajstić information content (AvgIpc) is 3.33. The van der Waals surface area contributed by atoms with Crippen molar-refractivity contribution in [2.75, 3.05) is 11.5 Å². The molecule has 1 fully saturated rings. The Morgan fingerprint density at radius 3 is 2.47 bits per heavy atom. The molecule has 0 aliphatic carbocycles. The van der Waals surface area contributed by atoms with E-state index in [9.17, 15) is 8.42 Å². The molecule has 3 heterocycles. The molecule has 178 valence electrons. The van der Waals surface area contributed by atoms with Gasteiger partial charge in [0, 0.05) is 18.0 Å². The molecular formula is C25H25Cl2N3O3S. The average molecular weight is 518 g/mol. The molecule has 1 aliphatic heterocycles. The number of fused-ring (bicyclic) bond motifs is 1. The highest BCUT2D eigenvalue weighted by atomic mass is 35.5. The monoisotopic (exact) mass is 517 g/mol. The fourth-order valence-electron chi connectivity index (χ4n) is 4.87. The molecule has 9 heteroatoms. The number of benzene rings is 2. The standard InChI is InChI=1S/C25H25Cl2N3O3S/c1-15-25(16(2)33-29-15)18-5-7-23-22(14-18)28-24(8-4-17-3-6-20(26)21(27)13-17)30(23)19-9-11-34(31,32)12-10-19/h3,5-7,13-14,19H,4,8-12H2,1-2H3. The molecule has 0 N–H and O–H groups in total. The fraction of sp³-hybridized carbons (Fsp3) is 0.360. The van der Waals surface area contributed by atoms with Gasteiger partial charge >= 0.3 is 0 Å². The predicted octanol–water partition coefficient (Wildman–Crippen LogP) is 6.15. The second-order valence-corrected chi connectivity index (χ2v) is 12.1. The quantitative estimate of drug-likeness (QED) is 0.317. The zero-order valence-corrected chi connectivity index (χ0v) is 21.3. The van der Waals surface area contributed by atoms with Gasteiger partial charge < -0.3 is 9.09 Å². The van der Waals surface area contributed by atoms with Crippen molar-refractivity contribution in [2.45, 2.75) is 45.6 Å². The van der Waals surface area contributed by atoms with Crippen LogP contribution in [0.4, 0.5) is 0 Å². The number of rotatable bonds is 5. The summed E-state index contributed by atoms with van der Waals surface area (Å²) < 4.78 is 31.7. The first-order valence-corrected chi connectivity index (χ1v) is 13.9. The molecule has 2 aromatic carbocycles. The van der Waals surface area contributed by atoms with Gasteiger partial charge in [0.1, 0.15) is 21.4 Å². The topological polar surface area (TPSA) is 78.0 Å². The predicted molar refractivity (Wildman–Crippen MR) is 135 cm³/mol. The van der Waals surface area contributed by atoms with E-state index in [4.69, 9.17) is 32.7 Å². The number of aromatic nitrogens is 3. The highest BCUT2D eigenvalue weighted by Gasteiger charge is 2.28. The van der Waals surface area contributed by atoms with Gasteiger partial charge in [0.2, 0.25) is 0 Å². The van der Waals surface area contributed by atoms with E-state index in [0.29, 0.717) is 29.3 Å². The highest BCUT2D eigenvalue weighted by molar-refractivity contribution is 7.91. The van der Waals surface area contributed by atoms with Crippen molar-refractivity contribution in [3.8, 4) is 11.1 Å². The van der Waals surface area contributed by atoms with Gasteiger partial charge in [0.05, 0.1) is 38.3 Å². The first-order chi connectivity index (χ1) is 16.2. The maximum Gasteiger partial charge on any atom is 0.150 e. The Morgan fingerprint density at radius 2 is 1.79 bits per heavy atom. The smallest absolute Gasteiger partial charge is 0.150 e. The maximum absolute atomic E-state index is 12.1. The molecule has 5 rings (SSSR count). The largest absolute Gasteiger partial charge is 0.361 e. The lowest BCUT2D eigenvalue weighted by Crippen LogP contribution is -2.26. The molecule has 1 aliphatic rings. The van der Waals surface area contributed by atoms with E-state index in [-0.39, 0.29) is 17.5 Å². The van der Waals surface area contributed by atoms with Gasteiger partial charge in [-0.05, 0) is 68.5 Å². The van der Waals surface area contributed by atoms with Crippen LogP contribution in [0.2, 0.25) is 10.0 Å². The molecule has 0 amide bonds. The molecule has 34 heavy (non-hydrogen) atoms. The van der Waals surface area contributed by atoms with Crippen molar-refractivity contribution >= 4 is 44.1 Å². The van der Waals surface area contributed by atoms with Crippen molar-refractivity contribution in [2.24, 2.45) is 0 Å². The Labute approximate surface area is 208 Å². The van der Waals surface area contributed by atoms with Crippen LogP contribution >= 0.6 is 23.2 Å². The molecule has 0 unspecified atom stereocenters.